The Kier molecular flexibility index (Phi) is 5.05. The van der Waals surface area contributed by atoms with E-state index in [9.17, 15) is 10.2 Å². The van der Waals surface area contributed by atoms with Crippen molar-refractivity contribution >= 4 is 11.6 Å². The van der Waals surface area contributed by atoms with Gasteiger partial charge in [0, 0.05) is 16.7 Å². The van der Waals surface area contributed by atoms with Gasteiger partial charge in [-0.15, -0.1) is 0 Å². The van der Waals surface area contributed by atoms with E-state index in [2.05, 4.69) is 0 Å². The Morgan fingerprint density at radius 2 is 2.00 bits per heavy atom. The van der Waals surface area contributed by atoms with Gasteiger partial charge in [0.05, 0.1) is 19.8 Å². The van der Waals surface area contributed by atoms with Crippen molar-refractivity contribution in [2.45, 2.75) is 32.7 Å². The highest BCUT2D eigenvalue weighted by Crippen LogP contribution is 2.35. The standard InChI is InChI=1S/C12H17ClO4/c1-7(15)8(2)17-12-9(6-14)4-10(13)5-11(12)16-3/h4-5,7-8,14-15H,6H2,1-3H3. The Balaban J connectivity index is 3.10. The lowest BCUT2D eigenvalue weighted by Gasteiger charge is -2.21. The first-order valence-electron chi connectivity index (χ1n) is 5.31. The number of halogens is 1. The van der Waals surface area contributed by atoms with Gasteiger partial charge < -0.3 is 19.7 Å². The number of methoxy groups -OCH3 is 1. The third-order valence-corrected chi connectivity index (χ3v) is 2.69. The van der Waals surface area contributed by atoms with E-state index in [0.717, 1.165) is 0 Å². The molecule has 2 unspecified atom stereocenters. The predicted octanol–water partition coefficient (Wildman–Crippen LogP) is 1.99. The second-order valence-electron chi connectivity index (χ2n) is 3.82. The van der Waals surface area contributed by atoms with Gasteiger partial charge in [0.2, 0.25) is 0 Å². The maximum atomic E-state index is 9.41. The molecular weight excluding hydrogens is 244 g/mol. The Hall–Kier alpha value is -0.970. The van der Waals surface area contributed by atoms with Gasteiger partial charge in [-0.3, -0.25) is 0 Å². The number of aliphatic hydroxyl groups is 2. The van der Waals surface area contributed by atoms with Crippen LogP contribution in [0.4, 0.5) is 0 Å². The maximum absolute atomic E-state index is 9.41. The average molecular weight is 261 g/mol. The van der Waals surface area contributed by atoms with E-state index in [1.165, 1.54) is 7.11 Å². The molecule has 0 heterocycles. The van der Waals surface area contributed by atoms with Gasteiger partial charge in [0.1, 0.15) is 6.10 Å². The fraction of sp³-hybridized carbons (Fsp3) is 0.500. The highest BCUT2D eigenvalue weighted by molar-refractivity contribution is 6.30. The number of hydrogen-bond acceptors (Lipinski definition) is 4. The SMILES string of the molecule is COc1cc(Cl)cc(CO)c1OC(C)C(C)O. The molecule has 0 spiro atoms. The fourth-order valence-corrected chi connectivity index (χ4v) is 1.54. The van der Waals surface area contributed by atoms with E-state index < -0.39 is 12.2 Å². The van der Waals surface area contributed by atoms with Crippen molar-refractivity contribution in [1.82, 2.24) is 0 Å². The van der Waals surface area contributed by atoms with Crippen LogP contribution in [-0.4, -0.2) is 29.5 Å². The van der Waals surface area contributed by atoms with E-state index >= 15 is 0 Å². The molecule has 0 radical (unpaired) electrons. The molecule has 0 saturated heterocycles. The monoisotopic (exact) mass is 260 g/mol. The molecular formula is C12H17ClO4. The van der Waals surface area contributed by atoms with E-state index in [4.69, 9.17) is 21.1 Å². The molecule has 1 rings (SSSR count). The van der Waals surface area contributed by atoms with Crippen LogP contribution in [-0.2, 0) is 6.61 Å². The molecule has 0 aromatic heterocycles. The molecule has 2 atom stereocenters. The molecule has 0 aliphatic rings. The van der Waals surface area contributed by atoms with Crippen molar-refractivity contribution in [2.75, 3.05) is 7.11 Å². The first-order chi connectivity index (χ1) is 7.99. The van der Waals surface area contributed by atoms with Crippen LogP contribution in [0.5, 0.6) is 11.5 Å². The summed E-state index contributed by atoms with van der Waals surface area (Å²) in [4.78, 5) is 0. The van der Waals surface area contributed by atoms with Gasteiger partial charge in [-0.25, -0.2) is 0 Å². The summed E-state index contributed by atoms with van der Waals surface area (Å²) < 4.78 is 10.7. The van der Waals surface area contributed by atoms with Gasteiger partial charge in [-0.1, -0.05) is 11.6 Å². The quantitative estimate of drug-likeness (QED) is 0.850. The van der Waals surface area contributed by atoms with Crippen molar-refractivity contribution in [1.29, 1.82) is 0 Å². The molecule has 2 N–H and O–H groups in total. The normalized spacial score (nSPS) is 14.2. The summed E-state index contributed by atoms with van der Waals surface area (Å²) >= 11 is 5.88. The van der Waals surface area contributed by atoms with Crippen LogP contribution in [0, 0.1) is 0 Å². The first kappa shape index (κ1) is 14.1. The summed E-state index contributed by atoms with van der Waals surface area (Å²) in [6.07, 6.45) is -1.03. The zero-order chi connectivity index (χ0) is 13.0. The Morgan fingerprint density at radius 3 is 2.47 bits per heavy atom. The lowest BCUT2D eigenvalue weighted by molar-refractivity contribution is 0.0570. The van der Waals surface area contributed by atoms with Gasteiger partial charge in [0.15, 0.2) is 11.5 Å². The molecule has 5 heteroatoms. The van der Waals surface area contributed by atoms with Crippen molar-refractivity contribution < 1.29 is 19.7 Å². The summed E-state index contributed by atoms with van der Waals surface area (Å²) in [5, 5.41) is 19.1. The molecule has 96 valence electrons. The molecule has 0 aliphatic heterocycles. The molecule has 0 bridgehead atoms. The van der Waals surface area contributed by atoms with Crippen LogP contribution in [0.15, 0.2) is 12.1 Å². The summed E-state index contributed by atoms with van der Waals surface area (Å²) in [6.45, 7) is 3.16. The topological polar surface area (TPSA) is 58.9 Å². The highest BCUT2D eigenvalue weighted by Gasteiger charge is 2.17. The molecule has 1 aromatic carbocycles. The van der Waals surface area contributed by atoms with Gasteiger partial charge in [0.25, 0.3) is 0 Å². The minimum Gasteiger partial charge on any atom is -0.493 e. The summed E-state index contributed by atoms with van der Waals surface area (Å²) in [5.41, 5.74) is 0.529. The molecule has 17 heavy (non-hydrogen) atoms. The lowest BCUT2D eigenvalue weighted by atomic mass is 10.2. The van der Waals surface area contributed by atoms with Gasteiger partial charge in [-0.05, 0) is 19.9 Å². The maximum Gasteiger partial charge on any atom is 0.167 e. The molecule has 0 saturated carbocycles. The number of benzene rings is 1. The van der Waals surface area contributed by atoms with Crippen LogP contribution in [0.2, 0.25) is 5.02 Å². The van der Waals surface area contributed by atoms with Crippen molar-refractivity contribution in [2.24, 2.45) is 0 Å². The average Bonchev–Trinajstić information content (AvgIpc) is 2.30. The fourth-order valence-electron chi connectivity index (χ4n) is 1.31. The number of aliphatic hydroxyl groups excluding tert-OH is 2. The smallest absolute Gasteiger partial charge is 0.167 e. The van der Waals surface area contributed by atoms with E-state index in [0.29, 0.717) is 22.1 Å². The second-order valence-corrected chi connectivity index (χ2v) is 4.25. The zero-order valence-electron chi connectivity index (χ0n) is 10.1. The minimum atomic E-state index is -0.623. The second kappa shape index (κ2) is 6.10. The highest BCUT2D eigenvalue weighted by atomic mass is 35.5. The van der Waals surface area contributed by atoms with Crippen molar-refractivity contribution in [3.05, 3.63) is 22.7 Å². The van der Waals surface area contributed by atoms with E-state index in [1.54, 1.807) is 26.0 Å². The molecule has 0 amide bonds. The summed E-state index contributed by atoms with van der Waals surface area (Å²) in [6, 6.07) is 3.21. The number of hydrogen-bond donors (Lipinski definition) is 2. The van der Waals surface area contributed by atoms with Crippen LogP contribution in [0.3, 0.4) is 0 Å². The summed E-state index contributed by atoms with van der Waals surface area (Å²) in [5.74, 6) is 0.849. The molecule has 4 nitrogen and oxygen atoms in total. The van der Waals surface area contributed by atoms with Crippen LogP contribution < -0.4 is 9.47 Å². The molecule has 0 fully saturated rings. The Bertz CT molecular complexity index is 354. The van der Waals surface area contributed by atoms with Crippen molar-refractivity contribution in [3.8, 4) is 11.5 Å². The third kappa shape index (κ3) is 3.49. The van der Waals surface area contributed by atoms with Gasteiger partial charge in [-0.2, -0.15) is 0 Å². The zero-order valence-corrected chi connectivity index (χ0v) is 10.9. The molecule has 0 aliphatic carbocycles. The molecule has 1 aromatic rings. The minimum absolute atomic E-state index is 0.210. The predicted molar refractivity (Wildman–Crippen MR) is 65.7 cm³/mol. The van der Waals surface area contributed by atoms with Crippen LogP contribution >= 0.6 is 11.6 Å². The lowest BCUT2D eigenvalue weighted by Crippen LogP contribution is -2.26. The Labute approximate surface area is 106 Å². The third-order valence-electron chi connectivity index (χ3n) is 2.47. The Morgan fingerprint density at radius 1 is 1.35 bits per heavy atom. The van der Waals surface area contributed by atoms with Crippen molar-refractivity contribution in [3.63, 3.8) is 0 Å². The number of ether oxygens (including phenoxy) is 2. The first-order valence-corrected chi connectivity index (χ1v) is 5.69. The van der Waals surface area contributed by atoms with Crippen LogP contribution in [0.25, 0.3) is 0 Å². The van der Waals surface area contributed by atoms with E-state index in [-0.39, 0.29) is 6.61 Å². The van der Waals surface area contributed by atoms with Crippen LogP contribution in [0.1, 0.15) is 19.4 Å². The number of rotatable bonds is 5. The van der Waals surface area contributed by atoms with E-state index in [1.807, 2.05) is 0 Å². The summed E-state index contributed by atoms with van der Waals surface area (Å²) in [7, 11) is 1.49. The van der Waals surface area contributed by atoms with Gasteiger partial charge >= 0.3 is 0 Å². The largest absolute Gasteiger partial charge is 0.493 e.